The molecule has 4 heteroatoms. The number of carbonyl (C=O) groups is 1. The molecule has 22 heavy (non-hydrogen) atoms. The zero-order valence-corrected chi connectivity index (χ0v) is 13.5. The van der Waals surface area contributed by atoms with Gasteiger partial charge >= 0.3 is 0 Å². The molecule has 3 aromatic rings. The molecule has 0 bridgehead atoms. The van der Waals surface area contributed by atoms with Crippen molar-refractivity contribution in [2.75, 3.05) is 5.32 Å². The molecule has 1 N–H and O–H groups in total. The van der Waals surface area contributed by atoms with Gasteiger partial charge in [0.1, 0.15) is 0 Å². The van der Waals surface area contributed by atoms with Crippen LogP contribution >= 0.6 is 11.3 Å². The molecular formula is C18H18N2OS. The molecular weight excluding hydrogens is 292 g/mol. The molecule has 2 heterocycles. The Balaban J connectivity index is 1.98. The van der Waals surface area contributed by atoms with Crippen LogP contribution in [0.25, 0.3) is 10.1 Å². The SMILES string of the molecule is CCCc1c(C(=O)Nc2ccnc(C)c2)sc2ccccc12. The van der Waals surface area contributed by atoms with E-state index in [1.807, 2.05) is 31.2 Å². The average Bonchev–Trinajstić information content (AvgIpc) is 2.87. The first-order valence-electron chi connectivity index (χ1n) is 7.43. The van der Waals surface area contributed by atoms with Crippen LogP contribution in [0.2, 0.25) is 0 Å². The molecule has 0 saturated heterocycles. The lowest BCUT2D eigenvalue weighted by atomic mass is 10.1. The van der Waals surface area contributed by atoms with Crippen LogP contribution in [0.15, 0.2) is 42.6 Å². The largest absolute Gasteiger partial charge is 0.321 e. The van der Waals surface area contributed by atoms with Gasteiger partial charge in [0, 0.05) is 22.3 Å². The quantitative estimate of drug-likeness (QED) is 0.751. The van der Waals surface area contributed by atoms with E-state index in [0.29, 0.717) is 0 Å². The number of rotatable bonds is 4. The van der Waals surface area contributed by atoms with Gasteiger partial charge in [0.25, 0.3) is 5.91 Å². The summed E-state index contributed by atoms with van der Waals surface area (Å²) in [6.45, 7) is 4.05. The van der Waals surface area contributed by atoms with Crippen LogP contribution in [0.3, 0.4) is 0 Å². The Morgan fingerprint density at radius 3 is 2.86 bits per heavy atom. The number of benzene rings is 1. The molecule has 3 nitrogen and oxygen atoms in total. The Labute approximate surface area is 134 Å². The molecule has 0 radical (unpaired) electrons. The van der Waals surface area contributed by atoms with Gasteiger partial charge in [-0.1, -0.05) is 31.5 Å². The molecule has 0 spiro atoms. The van der Waals surface area contributed by atoms with Crippen LogP contribution in [-0.4, -0.2) is 10.9 Å². The lowest BCUT2D eigenvalue weighted by Gasteiger charge is -2.06. The molecule has 0 aliphatic carbocycles. The van der Waals surface area contributed by atoms with Gasteiger partial charge in [-0.3, -0.25) is 9.78 Å². The maximum atomic E-state index is 12.7. The third kappa shape index (κ3) is 2.88. The first-order chi connectivity index (χ1) is 10.7. The van der Waals surface area contributed by atoms with Gasteiger partial charge < -0.3 is 5.32 Å². The van der Waals surface area contributed by atoms with Crippen LogP contribution in [-0.2, 0) is 6.42 Å². The fraction of sp³-hybridized carbons (Fsp3) is 0.222. The van der Waals surface area contributed by atoms with Crippen LogP contribution in [0.4, 0.5) is 5.69 Å². The van der Waals surface area contributed by atoms with Crippen molar-refractivity contribution in [2.45, 2.75) is 26.7 Å². The summed E-state index contributed by atoms with van der Waals surface area (Å²) in [5, 5.41) is 4.19. The second kappa shape index (κ2) is 6.28. The number of hydrogen-bond donors (Lipinski definition) is 1. The van der Waals surface area contributed by atoms with Crippen molar-refractivity contribution >= 4 is 33.0 Å². The minimum absolute atomic E-state index is 0.0322. The van der Waals surface area contributed by atoms with E-state index >= 15 is 0 Å². The van der Waals surface area contributed by atoms with Gasteiger partial charge in [-0.25, -0.2) is 0 Å². The number of hydrogen-bond acceptors (Lipinski definition) is 3. The number of anilines is 1. The number of fused-ring (bicyclic) bond motifs is 1. The monoisotopic (exact) mass is 310 g/mol. The Hall–Kier alpha value is -2.20. The molecule has 0 aliphatic heterocycles. The number of nitrogens with zero attached hydrogens (tertiary/aromatic N) is 1. The van der Waals surface area contributed by atoms with Crippen molar-refractivity contribution in [3.8, 4) is 0 Å². The maximum Gasteiger partial charge on any atom is 0.266 e. The number of pyridine rings is 1. The van der Waals surface area contributed by atoms with E-state index in [9.17, 15) is 4.79 Å². The average molecular weight is 310 g/mol. The highest BCUT2D eigenvalue weighted by molar-refractivity contribution is 7.21. The number of carbonyl (C=O) groups excluding carboxylic acids is 1. The Morgan fingerprint density at radius 2 is 2.09 bits per heavy atom. The van der Waals surface area contributed by atoms with E-state index in [4.69, 9.17) is 0 Å². The van der Waals surface area contributed by atoms with Gasteiger partial charge in [-0.15, -0.1) is 11.3 Å². The number of aryl methyl sites for hydroxylation is 2. The second-order valence-corrected chi connectivity index (χ2v) is 6.35. The smallest absolute Gasteiger partial charge is 0.266 e. The zero-order chi connectivity index (χ0) is 15.5. The number of amides is 1. The Bertz CT molecular complexity index is 823. The minimum atomic E-state index is -0.0322. The van der Waals surface area contributed by atoms with Crippen molar-refractivity contribution in [2.24, 2.45) is 0 Å². The standard InChI is InChI=1S/C18H18N2OS/c1-3-6-15-14-7-4-5-8-16(14)22-17(15)18(21)20-13-9-10-19-12(2)11-13/h4-5,7-11H,3,6H2,1-2H3,(H,19,20,21). The van der Waals surface area contributed by atoms with E-state index in [1.54, 1.807) is 17.5 Å². The van der Waals surface area contributed by atoms with Crippen molar-refractivity contribution in [1.82, 2.24) is 4.98 Å². The highest BCUT2D eigenvalue weighted by Crippen LogP contribution is 2.32. The van der Waals surface area contributed by atoms with Crippen molar-refractivity contribution in [3.05, 3.63) is 58.7 Å². The van der Waals surface area contributed by atoms with E-state index in [1.165, 1.54) is 10.1 Å². The van der Waals surface area contributed by atoms with Crippen molar-refractivity contribution < 1.29 is 4.79 Å². The van der Waals surface area contributed by atoms with Gasteiger partial charge in [0.2, 0.25) is 0 Å². The highest BCUT2D eigenvalue weighted by atomic mass is 32.1. The van der Waals surface area contributed by atoms with Gasteiger partial charge in [0.15, 0.2) is 0 Å². The van der Waals surface area contributed by atoms with Crippen LogP contribution in [0, 0.1) is 6.92 Å². The fourth-order valence-corrected chi connectivity index (χ4v) is 3.74. The second-order valence-electron chi connectivity index (χ2n) is 5.30. The molecule has 3 rings (SSSR count). The first-order valence-corrected chi connectivity index (χ1v) is 8.25. The Morgan fingerprint density at radius 1 is 1.27 bits per heavy atom. The van der Waals surface area contributed by atoms with E-state index in [0.717, 1.165) is 34.7 Å². The van der Waals surface area contributed by atoms with E-state index in [2.05, 4.69) is 29.4 Å². The maximum absolute atomic E-state index is 12.7. The fourth-order valence-electron chi connectivity index (χ4n) is 2.59. The van der Waals surface area contributed by atoms with Crippen molar-refractivity contribution in [3.63, 3.8) is 0 Å². The molecule has 0 saturated carbocycles. The van der Waals surface area contributed by atoms with Gasteiger partial charge in [-0.2, -0.15) is 0 Å². The predicted molar refractivity (Wildman–Crippen MR) is 92.7 cm³/mol. The zero-order valence-electron chi connectivity index (χ0n) is 12.7. The molecule has 0 aliphatic rings. The van der Waals surface area contributed by atoms with E-state index in [-0.39, 0.29) is 5.91 Å². The van der Waals surface area contributed by atoms with Crippen LogP contribution in [0.5, 0.6) is 0 Å². The third-order valence-electron chi connectivity index (χ3n) is 3.56. The summed E-state index contributed by atoms with van der Waals surface area (Å²) in [6.07, 6.45) is 3.65. The van der Waals surface area contributed by atoms with E-state index < -0.39 is 0 Å². The predicted octanol–water partition coefficient (Wildman–Crippen LogP) is 4.81. The summed E-state index contributed by atoms with van der Waals surface area (Å²) < 4.78 is 1.17. The number of nitrogens with one attached hydrogen (secondary N) is 1. The highest BCUT2D eigenvalue weighted by Gasteiger charge is 2.17. The summed E-state index contributed by atoms with van der Waals surface area (Å²) in [7, 11) is 0. The lowest BCUT2D eigenvalue weighted by molar-refractivity contribution is 0.103. The topological polar surface area (TPSA) is 42.0 Å². The molecule has 2 aromatic heterocycles. The molecule has 1 aromatic carbocycles. The summed E-state index contributed by atoms with van der Waals surface area (Å²) in [6, 6.07) is 11.9. The van der Waals surface area contributed by atoms with Gasteiger partial charge in [-0.05, 0) is 42.5 Å². The summed E-state index contributed by atoms with van der Waals surface area (Å²) in [5.74, 6) is -0.0322. The normalized spacial score (nSPS) is 10.8. The van der Waals surface area contributed by atoms with Crippen LogP contribution in [0.1, 0.15) is 34.3 Å². The molecule has 0 fully saturated rings. The van der Waals surface area contributed by atoms with Gasteiger partial charge in [0.05, 0.1) is 4.88 Å². The first kappa shape index (κ1) is 14.7. The Kier molecular flexibility index (Phi) is 4.20. The summed E-state index contributed by atoms with van der Waals surface area (Å²) >= 11 is 1.57. The third-order valence-corrected chi connectivity index (χ3v) is 4.77. The number of thiophene rings is 1. The number of aromatic nitrogens is 1. The minimum Gasteiger partial charge on any atom is -0.321 e. The summed E-state index contributed by atoms with van der Waals surface area (Å²) in [5.41, 5.74) is 2.84. The molecule has 0 unspecified atom stereocenters. The van der Waals surface area contributed by atoms with Crippen LogP contribution < -0.4 is 5.32 Å². The van der Waals surface area contributed by atoms with Crippen molar-refractivity contribution in [1.29, 1.82) is 0 Å². The molecule has 0 atom stereocenters. The molecule has 112 valence electrons. The molecule has 1 amide bonds. The summed E-state index contributed by atoms with van der Waals surface area (Å²) in [4.78, 5) is 17.6. The lowest BCUT2D eigenvalue weighted by Crippen LogP contribution is -2.12.